The predicted molar refractivity (Wildman–Crippen MR) is 65.2 cm³/mol. The molecule has 0 saturated carbocycles. The summed E-state index contributed by atoms with van der Waals surface area (Å²) in [6.07, 6.45) is -1.70. The molecule has 0 spiro atoms. The van der Waals surface area contributed by atoms with Gasteiger partial charge in [0.2, 0.25) is 0 Å². The normalized spacial score (nSPS) is 13.8. The van der Waals surface area contributed by atoms with Gasteiger partial charge in [-0.2, -0.15) is 0 Å². The lowest BCUT2D eigenvalue weighted by atomic mass is 10.0. The highest BCUT2D eigenvalue weighted by Gasteiger charge is 2.22. The highest BCUT2D eigenvalue weighted by atomic mass is 35.5. The van der Waals surface area contributed by atoms with Crippen molar-refractivity contribution in [2.75, 3.05) is 7.11 Å². The summed E-state index contributed by atoms with van der Waals surface area (Å²) in [5, 5.41) is 17.5. The fourth-order valence-electron chi connectivity index (χ4n) is 1.45. The van der Waals surface area contributed by atoms with Crippen molar-refractivity contribution in [2.24, 2.45) is 0 Å². The number of aliphatic hydroxyl groups is 1. The van der Waals surface area contributed by atoms with Gasteiger partial charge in [-0.3, -0.25) is 4.79 Å². The van der Waals surface area contributed by atoms with E-state index in [1.54, 1.807) is 0 Å². The Bertz CT molecular complexity index is 470. The Kier molecular flexibility index (Phi) is 4.69. The smallest absolute Gasteiger partial charge is 0.337 e. The van der Waals surface area contributed by atoms with Crippen LogP contribution in [-0.4, -0.2) is 34.5 Å². The number of aliphatic hydroxyl groups excluding tert-OH is 1. The van der Waals surface area contributed by atoms with E-state index in [0.717, 1.165) is 0 Å². The second-order valence-electron chi connectivity index (χ2n) is 3.68. The fourth-order valence-corrected chi connectivity index (χ4v) is 1.58. The first-order valence-corrected chi connectivity index (χ1v) is 5.59. The van der Waals surface area contributed by atoms with Crippen molar-refractivity contribution in [3.8, 4) is 5.75 Å². The highest BCUT2D eigenvalue weighted by molar-refractivity contribution is 6.33. The van der Waals surface area contributed by atoms with Gasteiger partial charge >= 0.3 is 5.97 Å². The Morgan fingerprint density at radius 3 is 2.44 bits per heavy atom. The third-order valence-electron chi connectivity index (χ3n) is 2.41. The summed E-state index contributed by atoms with van der Waals surface area (Å²) in [7, 11) is 1.33. The second kappa shape index (κ2) is 5.84. The summed E-state index contributed by atoms with van der Waals surface area (Å²) in [6, 6.07) is 4.11. The van der Waals surface area contributed by atoms with Crippen LogP contribution in [-0.2, 0) is 4.79 Å². The molecule has 98 valence electrons. The summed E-state index contributed by atoms with van der Waals surface area (Å²) < 4.78 is 4.97. The maximum atomic E-state index is 11.7. The topological polar surface area (TPSA) is 83.8 Å². The van der Waals surface area contributed by atoms with Gasteiger partial charge in [-0.15, -0.1) is 11.6 Å². The Hall–Kier alpha value is -1.59. The third-order valence-corrected chi connectivity index (χ3v) is 2.61. The van der Waals surface area contributed by atoms with Gasteiger partial charge < -0.3 is 14.9 Å². The van der Waals surface area contributed by atoms with Crippen LogP contribution in [0.1, 0.15) is 28.9 Å². The molecular formula is C12H13ClO5. The van der Waals surface area contributed by atoms with E-state index in [1.807, 2.05) is 0 Å². The van der Waals surface area contributed by atoms with E-state index < -0.39 is 17.5 Å². The van der Waals surface area contributed by atoms with E-state index in [0.29, 0.717) is 5.56 Å². The van der Waals surface area contributed by atoms with E-state index in [-0.39, 0.29) is 17.1 Å². The van der Waals surface area contributed by atoms with E-state index >= 15 is 0 Å². The van der Waals surface area contributed by atoms with Gasteiger partial charge in [-0.05, 0) is 13.0 Å². The van der Waals surface area contributed by atoms with Gasteiger partial charge in [0.25, 0.3) is 0 Å². The minimum absolute atomic E-state index is 0.0868. The number of aliphatic carboxylic acids is 1. The summed E-state index contributed by atoms with van der Waals surface area (Å²) in [5.74, 6) is -1.56. The van der Waals surface area contributed by atoms with Gasteiger partial charge in [0.15, 0.2) is 11.9 Å². The Morgan fingerprint density at radius 2 is 2.00 bits per heavy atom. The summed E-state index contributed by atoms with van der Waals surface area (Å²) in [5.41, 5.74) is 0.388. The molecule has 0 radical (unpaired) electrons. The number of halogens is 1. The zero-order valence-corrected chi connectivity index (χ0v) is 10.6. The lowest BCUT2D eigenvalue weighted by Crippen LogP contribution is -2.14. The van der Waals surface area contributed by atoms with Gasteiger partial charge in [0.1, 0.15) is 5.75 Å². The number of alkyl halides is 1. The molecule has 1 aromatic carbocycles. The molecule has 0 heterocycles. The maximum absolute atomic E-state index is 11.7. The number of hydrogen-bond acceptors (Lipinski definition) is 4. The zero-order valence-electron chi connectivity index (χ0n) is 9.88. The molecule has 0 aliphatic carbocycles. The molecule has 2 unspecified atom stereocenters. The van der Waals surface area contributed by atoms with Gasteiger partial charge in [0, 0.05) is 11.1 Å². The molecule has 0 saturated heterocycles. The molecule has 6 heteroatoms. The molecule has 2 N–H and O–H groups in total. The standard InChI is InChI=1S/C12H13ClO5/c1-6(13)10(14)7-3-4-8(9(5-7)18-2)11(15)12(16)17/h3-6,11,15H,1-2H3,(H,16,17). The van der Waals surface area contributed by atoms with Crippen molar-refractivity contribution < 1.29 is 24.5 Å². The molecule has 18 heavy (non-hydrogen) atoms. The van der Waals surface area contributed by atoms with Crippen molar-refractivity contribution in [1.29, 1.82) is 0 Å². The number of ether oxygens (including phenoxy) is 1. The highest BCUT2D eigenvalue weighted by Crippen LogP contribution is 2.27. The number of carbonyl (C=O) groups excluding carboxylic acids is 1. The van der Waals surface area contributed by atoms with Crippen LogP contribution >= 0.6 is 11.6 Å². The van der Waals surface area contributed by atoms with Crippen molar-refractivity contribution in [3.05, 3.63) is 29.3 Å². The van der Waals surface area contributed by atoms with Crippen LogP contribution in [0.2, 0.25) is 0 Å². The largest absolute Gasteiger partial charge is 0.496 e. The molecule has 0 bridgehead atoms. The number of Topliss-reactive ketones (excluding diaryl/α,β-unsaturated/α-hetero) is 1. The maximum Gasteiger partial charge on any atom is 0.337 e. The fraction of sp³-hybridized carbons (Fsp3) is 0.333. The first-order chi connectivity index (χ1) is 8.38. The molecular weight excluding hydrogens is 260 g/mol. The summed E-state index contributed by atoms with van der Waals surface area (Å²) in [6.45, 7) is 1.54. The average molecular weight is 273 g/mol. The molecule has 2 atom stereocenters. The Balaban J connectivity index is 3.19. The van der Waals surface area contributed by atoms with Gasteiger partial charge in [0.05, 0.1) is 12.5 Å². The third kappa shape index (κ3) is 3.00. The van der Waals surface area contributed by atoms with Crippen molar-refractivity contribution >= 4 is 23.4 Å². The van der Waals surface area contributed by atoms with Crippen LogP contribution < -0.4 is 4.74 Å². The number of carboxylic acids is 1. The van der Waals surface area contributed by atoms with E-state index in [2.05, 4.69) is 0 Å². The average Bonchev–Trinajstić information content (AvgIpc) is 2.35. The lowest BCUT2D eigenvalue weighted by molar-refractivity contribution is -0.147. The number of ketones is 1. The van der Waals surface area contributed by atoms with Crippen molar-refractivity contribution in [2.45, 2.75) is 18.4 Å². The first kappa shape index (κ1) is 14.5. The van der Waals surface area contributed by atoms with E-state index in [9.17, 15) is 14.7 Å². The number of hydrogen-bond donors (Lipinski definition) is 2. The van der Waals surface area contributed by atoms with Crippen molar-refractivity contribution in [3.63, 3.8) is 0 Å². The molecule has 0 amide bonds. The number of carbonyl (C=O) groups is 2. The van der Waals surface area contributed by atoms with Crippen LogP contribution in [0.5, 0.6) is 5.75 Å². The van der Waals surface area contributed by atoms with Crippen LogP contribution in [0.15, 0.2) is 18.2 Å². The van der Waals surface area contributed by atoms with Gasteiger partial charge in [-0.1, -0.05) is 12.1 Å². The minimum atomic E-state index is -1.70. The molecule has 0 fully saturated rings. The van der Waals surface area contributed by atoms with Crippen molar-refractivity contribution in [1.82, 2.24) is 0 Å². The van der Waals surface area contributed by atoms with Gasteiger partial charge in [-0.25, -0.2) is 4.79 Å². The van der Waals surface area contributed by atoms with Crippen LogP contribution in [0.25, 0.3) is 0 Å². The van der Waals surface area contributed by atoms with E-state index in [1.165, 1.54) is 32.2 Å². The summed E-state index contributed by atoms with van der Waals surface area (Å²) >= 11 is 5.68. The molecule has 1 aromatic rings. The first-order valence-electron chi connectivity index (χ1n) is 5.15. The molecule has 0 aromatic heterocycles. The lowest BCUT2D eigenvalue weighted by Gasteiger charge is -2.13. The predicted octanol–water partition coefficient (Wildman–Crippen LogP) is 1.62. The number of rotatable bonds is 5. The monoisotopic (exact) mass is 272 g/mol. The van der Waals surface area contributed by atoms with Crippen LogP contribution in [0, 0.1) is 0 Å². The molecule has 0 aliphatic rings. The Morgan fingerprint density at radius 1 is 1.39 bits per heavy atom. The molecule has 0 aliphatic heterocycles. The minimum Gasteiger partial charge on any atom is -0.496 e. The molecule has 5 nitrogen and oxygen atoms in total. The van der Waals surface area contributed by atoms with Crippen LogP contribution in [0.4, 0.5) is 0 Å². The number of methoxy groups -OCH3 is 1. The quantitative estimate of drug-likeness (QED) is 0.629. The molecule has 1 rings (SSSR count). The number of benzene rings is 1. The van der Waals surface area contributed by atoms with E-state index in [4.69, 9.17) is 21.4 Å². The van der Waals surface area contributed by atoms with Crippen LogP contribution in [0.3, 0.4) is 0 Å². The zero-order chi connectivity index (χ0) is 13.9. The summed E-state index contributed by atoms with van der Waals surface area (Å²) in [4.78, 5) is 22.4. The second-order valence-corrected chi connectivity index (χ2v) is 4.33. The SMILES string of the molecule is COc1cc(C(=O)C(C)Cl)ccc1C(O)C(=O)O. The Labute approximate surface area is 109 Å². The number of carboxylic acid groups (broad SMARTS) is 1.